The minimum Gasteiger partial charge on any atom is -0.475 e. The van der Waals surface area contributed by atoms with Crippen molar-refractivity contribution in [1.82, 2.24) is 15.1 Å². The Morgan fingerprint density at radius 3 is 2.53 bits per heavy atom. The highest BCUT2D eigenvalue weighted by Gasteiger charge is 2.18. The molecule has 102 valence electrons. The molecular formula is C15H21N3O. The normalized spacial score (nSPS) is 11.0. The SMILES string of the molecule is CNCc1c(C)nn(-c2ccccc2)c1OC(C)C. The number of nitrogens with zero attached hydrogens (tertiary/aromatic N) is 2. The summed E-state index contributed by atoms with van der Waals surface area (Å²) in [4.78, 5) is 0. The molecule has 19 heavy (non-hydrogen) atoms. The number of rotatable bonds is 5. The predicted molar refractivity (Wildman–Crippen MR) is 76.8 cm³/mol. The molecule has 0 fully saturated rings. The zero-order chi connectivity index (χ0) is 13.8. The third-order valence-corrected chi connectivity index (χ3v) is 2.84. The zero-order valence-electron chi connectivity index (χ0n) is 12.0. The first-order chi connectivity index (χ1) is 9.13. The van der Waals surface area contributed by atoms with Gasteiger partial charge in [0.1, 0.15) is 0 Å². The average Bonchev–Trinajstić information content (AvgIpc) is 2.68. The summed E-state index contributed by atoms with van der Waals surface area (Å²) in [6, 6.07) is 10.1. The van der Waals surface area contributed by atoms with Crippen molar-refractivity contribution in [3.63, 3.8) is 0 Å². The Labute approximate surface area is 114 Å². The Bertz CT molecular complexity index is 532. The van der Waals surface area contributed by atoms with Gasteiger partial charge in [-0.3, -0.25) is 0 Å². The minimum atomic E-state index is 0.120. The molecule has 0 amide bonds. The van der Waals surface area contributed by atoms with Gasteiger partial charge < -0.3 is 10.1 Å². The molecule has 2 aromatic rings. The van der Waals surface area contributed by atoms with Gasteiger partial charge in [-0.1, -0.05) is 18.2 Å². The molecule has 0 bridgehead atoms. The average molecular weight is 259 g/mol. The van der Waals surface area contributed by atoms with E-state index in [0.717, 1.165) is 29.4 Å². The fraction of sp³-hybridized carbons (Fsp3) is 0.400. The van der Waals surface area contributed by atoms with E-state index in [0.29, 0.717) is 0 Å². The van der Waals surface area contributed by atoms with Crippen LogP contribution in [-0.4, -0.2) is 22.9 Å². The van der Waals surface area contributed by atoms with Gasteiger partial charge in [-0.25, -0.2) is 4.68 Å². The lowest BCUT2D eigenvalue weighted by Gasteiger charge is -2.14. The van der Waals surface area contributed by atoms with Crippen LogP contribution in [-0.2, 0) is 6.54 Å². The molecule has 0 aliphatic heterocycles. The molecular weight excluding hydrogens is 238 g/mol. The van der Waals surface area contributed by atoms with Gasteiger partial charge in [-0.05, 0) is 40.0 Å². The Morgan fingerprint density at radius 2 is 1.95 bits per heavy atom. The molecule has 0 radical (unpaired) electrons. The molecule has 0 saturated heterocycles. The second-order valence-corrected chi connectivity index (χ2v) is 4.81. The summed E-state index contributed by atoms with van der Waals surface area (Å²) < 4.78 is 7.84. The van der Waals surface area contributed by atoms with Crippen LogP contribution in [0, 0.1) is 6.92 Å². The molecule has 4 nitrogen and oxygen atoms in total. The topological polar surface area (TPSA) is 39.1 Å². The quantitative estimate of drug-likeness (QED) is 0.897. The number of hydrogen-bond donors (Lipinski definition) is 1. The first-order valence-electron chi connectivity index (χ1n) is 6.58. The van der Waals surface area contributed by atoms with E-state index in [1.165, 1.54) is 0 Å². The van der Waals surface area contributed by atoms with Gasteiger partial charge >= 0.3 is 0 Å². The van der Waals surface area contributed by atoms with Crippen LogP contribution in [0.2, 0.25) is 0 Å². The number of hydrogen-bond acceptors (Lipinski definition) is 3. The summed E-state index contributed by atoms with van der Waals surface area (Å²) in [7, 11) is 1.93. The lowest BCUT2D eigenvalue weighted by molar-refractivity contribution is 0.223. The van der Waals surface area contributed by atoms with Gasteiger partial charge in [-0.2, -0.15) is 5.10 Å². The van der Waals surface area contributed by atoms with Crippen LogP contribution in [0.25, 0.3) is 5.69 Å². The Kier molecular flexibility index (Phi) is 4.22. The predicted octanol–water partition coefficient (Wildman–Crippen LogP) is 2.69. The smallest absolute Gasteiger partial charge is 0.221 e. The maximum absolute atomic E-state index is 5.96. The molecule has 1 heterocycles. The molecule has 4 heteroatoms. The third kappa shape index (κ3) is 2.96. The number of aromatic nitrogens is 2. The van der Waals surface area contributed by atoms with Crippen LogP contribution in [0.4, 0.5) is 0 Å². The largest absolute Gasteiger partial charge is 0.475 e. The number of para-hydroxylation sites is 1. The maximum Gasteiger partial charge on any atom is 0.221 e. The molecule has 0 aliphatic carbocycles. The molecule has 1 aromatic heterocycles. The lowest BCUT2D eigenvalue weighted by Crippen LogP contribution is -2.13. The fourth-order valence-corrected chi connectivity index (χ4v) is 2.01. The highest BCUT2D eigenvalue weighted by atomic mass is 16.5. The number of nitrogens with one attached hydrogen (secondary N) is 1. The van der Waals surface area contributed by atoms with E-state index < -0.39 is 0 Å². The monoisotopic (exact) mass is 259 g/mol. The Balaban J connectivity index is 2.51. The minimum absolute atomic E-state index is 0.120. The second kappa shape index (κ2) is 5.89. The molecule has 0 atom stereocenters. The summed E-state index contributed by atoms with van der Waals surface area (Å²) >= 11 is 0. The van der Waals surface area contributed by atoms with Crippen molar-refractivity contribution in [2.75, 3.05) is 7.05 Å². The first-order valence-corrected chi connectivity index (χ1v) is 6.58. The van der Waals surface area contributed by atoms with E-state index in [9.17, 15) is 0 Å². The van der Waals surface area contributed by atoms with E-state index in [1.807, 2.05) is 62.8 Å². The Morgan fingerprint density at radius 1 is 1.26 bits per heavy atom. The zero-order valence-corrected chi connectivity index (χ0v) is 12.0. The van der Waals surface area contributed by atoms with E-state index >= 15 is 0 Å². The van der Waals surface area contributed by atoms with Crippen molar-refractivity contribution in [3.05, 3.63) is 41.6 Å². The summed E-state index contributed by atoms with van der Waals surface area (Å²) in [5, 5.41) is 7.77. The van der Waals surface area contributed by atoms with E-state index in [1.54, 1.807) is 0 Å². The van der Waals surface area contributed by atoms with Gasteiger partial charge in [0.25, 0.3) is 0 Å². The summed E-state index contributed by atoms with van der Waals surface area (Å²) in [5.74, 6) is 0.827. The molecule has 0 saturated carbocycles. The summed E-state index contributed by atoms with van der Waals surface area (Å²) in [5.41, 5.74) is 3.12. The second-order valence-electron chi connectivity index (χ2n) is 4.81. The maximum atomic E-state index is 5.96. The van der Waals surface area contributed by atoms with Gasteiger partial charge in [0, 0.05) is 6.54 Å². The number of ether oxygens (including phenoxy) is 1. The van der Waals surface area contributed by atoms with Crippen molar-refractivity contribution >= 4 is 0 Å². The van der Waals surface area contributed by atoms with Crippen molar-refractivity contribution in [3.8, 4) is 11.6 Å². The molecule has 0 unspecified atom stereocenters. The molecule has 1 N–H and O–H groups in total. The van der Waals surface area contributed by atoms with Gasteiger partial charge in [-0.15, -0.1) is 0 Å². The lowest BCUT2D eigenvalue weighted by atomic mass is 10.2. The van der Waals surface area contributed by atoms with Crippen LogP contribution in [0.3, 0.4) is 0 Å². The molecule has 1 aromatic carbocycles. The van der Waals surface area contributed by atoms with Crippen molar-refractivity contribution < 1.29 is 4.74 Å². The molecule has 2 rings (SSSR count). The van der Waals surface area contributed by atoms with Crippen LogP contribution in [0.1, 0.15) is 25.1 Å². The van der Waals surface area contributed by atoms with Crippen LogP contribution in [0.15, 0.2) is 30.3 Å². The third-order valence-electron chi connectivity index (χ3n) is 2.84. The van der Waals surface area contributed by atoms with Crippen LogP contribution >= 0.6 is 0 Å². The van der Waals surface area contributed by atoms with Gasteiger partial charge in [0.05, 0.1) is 23.0 Å². The highest BCUT2D eigenvalue weighted by molar-refractivity contribution is 5.41. The van der Waals surface area contributed by atoms with Crippen LogP contribution in [0.5, 0.6) is 5.88 Å². The number of aryl methyl sites for hydroxylation is 1. The summed E-state index contributed by atoms with van der Waals surface area (Å²) in [6.07, 6.45) is 0.120. The Hall–Kier alpha value is -1.81. The van der Waals surface area contributed by atoms with Crippen molar-refractivity contribution in [1.29, 1.82) is 0 Å². The van der Waals surface area contributed by atoms with E-state index in [2.05, 4.69) is 10.4 Å². The van der Waals surface area contributed by atoms with E-state index in [4.69, 9.17) is 4.74 Å². The first kappa shape index (κ1) is 13.6. The van der Waals surface area contributed by atoms with Crippen molar-refractivity contribution in [2.45, 2.75) is 33.4 Å². The standard InChI is InChI=1S/C15H21N3O/c1-11(2)19-15-14(10-16-4)12(3)17-18(15)13-8-6-5-7-9-13/h5-9,11,16H,10H2,1-4H3. The highest BCUT2D eigenvalue weighted by Crippen LogP contribution is 2.26. The fourth-order valence-electron chi connectivity index (χ4n) is 2.01. The van der Waals surface area contributed by atoms with Crippen LogP contribution < -0.4 is 10.1 Å². The van der Waals surface area contributed by atoms with Crippen molar-refractivity contribution in [2.24, 2.45) is 0 Å². The van der Waals surface area contributed by atoms with Gasteiger partial charge in [0.15, 0.2) is 0 Å². The summed E-state index contributed by atoms with van der Waals surface area (Å²) in [6.45, 7) is 6.82. The van der Waals surface area contributed by atoms with Gasteiger partial charge in [0.2, 0.25) is 5.88 Å². The number of benzene rings is 1. The molecule has 0 spiro atoms. The molecule has 0 aliphatic rings. The van der Waals surface area contributed by atoms with E-state index in [-0.39, 0.29) is 6.10 Å².